The number of carboxylic acid groups (broad SMARTS) is 1. The number of carbonyl (C=O) groups is 4. The lowest BCUT2D eigenvalue weighted by Crippen LogP contribution is -2.44. The number of amides is 3. The van der Waals surface area contributed by atoms with Crippen LogP contribution in [-0.2, 0) is 19.2 Å². The van der Waals surface area contributed by atoms with Crippen molar-refractivity contribution >= 4 is 35.1 Å². The van der Waals surface area contributed by atoms with Gasteiger partial charge < -0.3 is 20.6 Å². The maximum Gasteiger partial charge on any atom is 0.311 e. The van der Waals surface area contributed by atoms with Crippen LogP contribution >= 0.6 is 0 Å². The number of benzene rings is 1. The third kappa shape index (κ3) is 4.64. The number of nitrogens with one attached hydrogen (secondary N) is 2. The molecule has 0 saturated carbocycles. The normalized spacial score (nSPS) is 13.6. The fourth-order valence-electron chi connectivity index (χ4n) is 3.05. The van der Waals surface area contributed by atoms with Gasteiger partial charge in [0.2, 0.25) is 17.7 Å². The predicted octanol–water partition coefficient (Wildman–Crippen LogP) is 1.76. The van der Waals surface area contributed by atoms with Crippen LogP contribution in [0, 0.1) is 5.41 Å². The molecule has 1 aromatic carbocycles. The van der Waals surface area contributed by atoms with Crippen LogP contribution in [0.3, 0.4) is 0 Å². The molecule has 0 bridgehead atoms. The second kappa shape index (κ2) is 8.66. The number of para-hydroxylation sites is 2. The summed E-state index contributed by atoms with van der Waals surface area (Å²) in [5.74, 6) is -1.95. The number of hydrogen-bond acceptors (Lipinski definition) is 4. The molecule has 0 unspecified atom stereocenters. The highest BCUT2D eigenvalue weighted by atomic mass is 16.4. The highest BCUT2D eigenvalue weighted by Gasteiger charge is 2.35. The van der Waals surface area contributed by atoms with Crippen molar-refractivity contribution in [1.82, 2.24) is 5.32 Å². The van der Waals surface area contributed by atoms with Gasteiger partial charge in [-0.3, -0.25) is 19.2 Å². The Kier molecular flexibility index (Phi) is 6.55. The SMILES string of the molecule is CCC(CC)(CNC(=O)CCC(=O)N1CC(=O)Nc2ccccc21)C(=O)O. The minimum atomic E-state index is -0.996. The van der Waals surface area contributed by atoms with Gasteiger partial charge in [-0.1, -0.05) is 26.0 Å². The number of hydrogen-bond donors (Lipinski definition) is 3. The van der Waals surface area contributed by atoms with Crippen LogP contribution in [0.5, 0.6) is 0 Å². The minimum Gasteiger partial charge on any atom is -0.481 e. The number of anilines is 2. The van der Waals surface area contributed by atoms with Crippen LogP contribution in [-0.4, -0.2) is 41.9 Å². The molecule has 2 rings (SSSR count). The standard InChI is InChI=1S/C19H25N3O5/c1-3-19(4-2,18(26)27)12-20-15(23)9-10-17(25)22-11-16(24)21-13-7-5-6-8-14(13)22/h5-8H,3-4,9-12H2,1-2H3,(H,20,23)(H,21,24)(H,26,27). The molecule has 3 N–H and O–H groups in total. The zero-order chi connectivity index (χ0) is 20.0. The molecule has 1 aromatic rings. The maximum absolute atomic E-state index is 12.5. The van der Waals surface area contributed by atoms with Gasteiger partial charge in [-0.15, -0.1) is 0 Å². The van der Waals surface area contributed by atoms with Crippen molar-refractivity contribution in [2.75, 3.05) is 23.3 Å². The molecular weight excluding hydrogens is 350 g/mol. The van der Waals surface area contributed by atoms with Gasteiger partial charge in [-0.05, 0) is 25.0 Å². The Hall–Kier alpha value is -2.90. The van der Waals surface area contributed by atoms with E-state index in [0.29, 0.717) is 24.2 Å². The largest absolute Gasteiger partial charge is 0.481 e. The summed E-state index contributed by atoms with van der Waals surface area (Å²) in [7, 11) is 0. The molecule has 3 amide bonds. The molecule has 0 atom stereocenters. The summed E-state index contributed by atoms with van der Waals surface area (Å²) in [4.78, 5) is 49.2. The van der Waals surface area contributed by atoms with E-state index in [9.17, 15) is 24.3 Å². The van der Waals surface area contributed by atoms with Crippen molar-refractivity contribution in [2.45, 2.75) is 39.5 Å². The second-order valence-corrected chi connectivity index (χ2v) is 6.61. The number of fused-ring (bicyclic) bond motifs is 1. The van der Waals surface area contributed by atoms with E-state index in [2.05, 4.69) is 10.6 Å². The molecule has 1 aliphatic heterocycles. The van der Waals surface area contributed by atoms with E-state index < -0.39 is 11.4 Å². The molecule has 0 fully saturated rings. The van der Waals surface area contributed by atoms with Crippen LogP contribution < -0.4 is 15.5 Å². The second-order valence-electron chi connectivity index (χ2n) is 6.61. The molecule has 0 aliphatic carbocycles. The average molecular weight is 375 g/mol. The van der Waals surface area contributed by atoms with Crippen molar-refractivity contribution in [3.63, 3.8) is 0 Å². The molecule has 0 spiro atoms. The van der Waals surface area contributed by atoms with Gasteiger partial charge in [0, 0.05) is 19.4 Å². The van der Waals surface area contributed by atoms with Crippen LogP contribution in [0.4, 0.5) is 11.4 Å². The monoisotopic (exact) mass is 375 g/mol. The highest BCUT2D eigenvalue weighted by Crippen LogP contribution is 2.29. The minimum absolute atomic E-state index is 0.0251. The van der Waals surface area contributed by atoms with Crippen LogP contribution in [0.15, 0.2) is 24.3 Å². The lowest BCUT2D eigenvalue weighted by Gasteiger charge is -2.29. The van der Waals surface area contributed by atoms with Crippen molar-refractivity contribution in [1.29, 1.82) is 0 Å². The Balaban J connectivity index is 1.93. The van der Waals surface area contributed by atoms with Crippen LogP contribution in [0.2, 0.25) is 0 Å². The molecule has 1 aliphatic rings. The molecule has 0 aromatic heterocycles. The van der Waals surface area contributed by atoms with Gasteiger partial charge in [0.05, 0.1) is 16.8 Å². The van der Waals surface area contributed by atoms with Gasteiger partial charge >= 0.3 is 5.97 Å². The van der Waals surface area contributed by atoms with Crippen molar-refractivity contribution in [3.05, 3.63) is 24.3 Å². The first kappa shape index (κ1) is 20.4. The first-order valence-electron chi connectivity index (χ1n) is 9.02. The first-order valence-corrected chi connectivity index (χ1v) is 9.02. The van der Waals surface area contributed by atoms with E-state index in [0.717, 1.165) is 0 Å². The third-order valence-electron chi connectivity index (χ3n) is 5.07. The van der Waals surface area contributed by atoms with E-state index in [1.807, 2.05) is 0 Å². The van der Waals surface area contributed by atoms with Gasteiger partial charge in [0.1, 0.15) is 6.54 Å². The fraction of sp³-hybridized carbons (Fsp3) is 0.474. The summed E-state index contributed by atoms with van der Waals surface area (Å²) in [5.41, 5.74) is 0.164. The summed E-state index contributed by atoms with van der Waals surface area (Å²) in [6, 6.07) is 6.97. The topological polar surface area (TPSA) is 116 Å². The number of aliphatic carboxylic acids is 1. The van der Waals surface area contributed by atoms with Crippen LogP contribution in [0.25, 0.3) is 0 Å². The summed E-state index contributed by atoms with van der Waals surface area (Å²) in [6.07, 6.45) is 0.670. The first-order chi connectivity index (χ1) is 12.8. The van der Waals surface area contributed by atoms with E-state index in [1.54, 1.807) is 38.1 Å². The highest BCUT2D eigenvalue weighted by molar-refractivity contribution is 6.10. The van der Waals surface area contributed by atoms with Crippen molar-refractivity contribution in [3.8, 4) is 0 Å². The van der Waals surface area contributed by atoms with Gasteiger partial charge in [0.15, 0.2) is 0 Å². The molecule has 0 saturated heterocycles. The number of carboxylic acids is 1. The Morgan fingerprint density at radius 1 is 1.19 bits per heavy atom. The van der Waals surface area contributed by atoms with Gasteiger partial charge in [0.25, 0.3) is 0 Å². The molecule has 146 valence electrons. The molecule has 0 radical (unpaired) electrons. The average Bonchev–Trinajstić information content (AvgIpc) is 2.66. The Labute approximate surface area is 157 Å². The zero-order valence-electron chi connectivity index (χ0n) is 15.6. The smallest absolute Gasteiger partial charge is 0.311 e. The lowest BCUT2D eigenvalue weighted by molar-refractivity contribution is -0.149. The number of carbonyl (C=O) groups excluding carboxylic acids is 3. The molecule has 27 heavy (non-hydrogen) atoms. The zero-order valence-corrected chi connectivity index (χ0v) is 15.6. The van der Waals surface area contributed by atoms with E-state index in [1.165, 1.54) is 4.90 Å². The number of rotatable bonds is 8. The molecule has 8 heteroatoms. The van der Waals surface area contributed by atoms with E-state index in [-0.39, 0.29) is 43.7 Å². The lowest BCUT2D eigenvalue weighted by atomic mass is 9.82. The summed E-state index contributed by atoms with van der Waals surface area (Å²) >= 11 is 0. The van der Waals surface area contributed by atoms with Gasteiger partial charge in [-0.2, -0.15) is 0 Å². The third-order valence-corrected chi connectivity index (χ3v) is 5.07. The predicted molar refractivity (Wildman–Crippen MR) is 100 cm³/mol. The fourth-order valence-corrected chi connectivity index (χ4v) is 3.05. The summed E-state index contributed by atoms with van der Waals surface area (Å²) < 4.78 is 0. The van der Waals surface area contributed by atoms with Crippen molar-refractivity contribution < 1.29 is 24.3 Å². The van der Waals surface area contributed by atoms with Gasteiger partial charge in [-0.25, -0.2) is 0 Å². The Morgan fingerprint density at radius 3 is 2.48 bits per heavy atom. The number of nitrogens with zero attached hydrogens (tertiary/aromatic N) is 1. The molecule has 8 nitrogen and oxygen atoms in total. The molecule has 1 heterocycles. The Morgan fingerprint density at radius 2 is 1.85 bits per heavy atom. The van der Waals surface area contributed by atoms with Crippen LogP contribution in [0.1, 0.15) is 39.5 Å². The molecular formula is C19H25N3O5. The summed E-state index contributed by atoms with van der Waals surface area (Å²) in [6.45, 7) is 3.47. The maximum atomic E-state index is 12.5. The van der Waals surface area contributed by atoms with E-state index >= 15 is 0 Å². The Bertz CT molecular complexity index is 743. The van der Waals surface area contributed by atoms with E-state index in [4.69, 9.17) is 0 Å². The quantitative estimate of drug-likeness (QED) is 0.640. The van der Waals surface area contributed by atoms with Crippen molar-refractivity contribution in [2.24, 2.45) is 5.41 Å². The summed E-state index contributed by atoms with van der Waals surface area (Å²) in [5, 5.41) is 14.7.